The zero-order chi connectivity index (χ0) is 6.85. The van der Waals surface area contributed by atoms with Crippen molar-refractivity contribution in [3.05, 3.63) is 5.92 Å². The van der Waals surface area contributed by atoms with Crippen LogP contribution in [-0.2, 0) is 37.5 Å². The monoisotopic (exact) mass is 214 g/mol. The van der Waals surface area contributed by atoms with Crippen LogP contribution in [0.5, 0.6) is 0 Å². The molecule has 0 aliphatic heterocycles. The molecule has 1 aliphatic rings. The smallest absolute Gasteiger partial charge is 0.309 e. The summed E-state index contributed by atoms with van der Waals surface area (Å²) < 4.78 is 0. The summed E-state index contributed by atoms with van der Waals surface area (Å²) in [7, 11) is 0. The number of carbonyl (C=O) groups is 1. The molecule has 0 radical (unpaired) electrons. The number of hydrogen-bond acceptors (Lipinski definition) is 1. The minimum Gasteiger partial charge on any atom is -0.309 e. The van der Waals surface area contributed by atoms with E-state index < -0.39 is 0 Å². The molecule has 10 heavy (non-hydrogen) atoms. The van der Waals surface area contributed by atoms with E-state index in [-0.39, 0.29) is 32.7 Å². The molecule has 1 atom stereocenters. The van der Waals surface area contributed by atoms with E-state index in [1.54, 1.807) is 0 Å². The zero-order valence-corrected chi connectivity index (χ0v) is 9.52. The molecule has 0 aromatic carbocycles. The molecule has 0 aromatic rings. The average molecular weight is 214 g/mol. The van der Waals surface area contributed by atoms with Crippen LogP contribution in [-0.4, -0.2) is 5.78 Å². The van der Waals surface area contributed by atoms with E-state index in [0.717, 1.165) is 19.3 Å². The van der Waals surface area contributed by atoms with Crippen LogP contribution < -0.4 is 0 Å². The maximum absolute atomic E-state index is 10.9. The first-order valence-electron chi connectivity index (χ1n) is 3.51. The van der Waals surface area contributed by atoms with Gasteiger partial charge in [0.2, 0.25) is 0 Å². The van der Waals surface area contributed by atoms with Crippen molar-refractivity contribution in [2.75, 3.05) is 0 Å². The molecular formula is C8H13OY+2. The van der Waals surface area contributed by atoms with E-state index in [4.69, 9.17) is 0 Å². The van der Waals surface area contributed by atoms with Crippen molar-refractivity contribution < 1.29 is 37.5 Å². The van der Waals surface area contributed by atoms with E-state index >= 15 is 0 Å². The van der Waals surface area contributed by atoms with Crippen molar-refractivity contribution >= 4 is 5.78 Å². The number of carbonyl (C=O) groups excluding carboxylic acids is 1. The summed E-state index contributed by atoms with van der Waals surface area (Å²) in [5.74, 6) is 2.39. The third-order valence-electron chi connectivity index (χ3n) is 1.77. The number of Topliss-reactive ketones (excluding diaryl/α,β-unsaturated/α-hetero) is 1. The Morgan fingerprint density at radius 1 is 1.60 bits per heavy atom. The van der Waals surface area contributed by atoms with Gasteiger partial charge in [0.15, 0.2) is 0 Å². The van der Waals surface area contributed by atoms with Gasteiger partial charge in [0.05, 0.1) is 0 Å². The minimum atomic E-state index is 0. The molecule has 0 bridgehead atoms. The first-order chi connectivity index (χ1) is 4.18. The van der Waals surface area contributed by atoms with Crippen molar-refractivity contribution in [2.45, 2.75) is 33.1 Å². The Labute approximate surface area is 87.8 Å². The normalized spacial score (nSPS) is 27.8. The second-order valence-electron chi connectivity index (χ2n) is 3.19. The van der Waals surface area contributed by atoms with Crippen LogP contribution in [0.4, 0.5) is 0 Å². The van der Waals surface area contributed by atoms with Gasteiger partial charge in [0, 0.05) is 6.42 Å². The van der Waals surface area contributed by atoms with E-state index in [2.05, 4.69) is 13.8 Å². The molecule has 52 valence electrons. The molecule has 2 heteroatoms. The summed E-state index contributed by atoms with van der Waals surface area (Å²) in [6, 6.07) is 0. The van der Waals surface area contributed by atoms with Crippen LogP contribution in [0.25, 0.3) is 0 Å². The van der Waals surface area contributed by atoms with Gasteiger partial charge in [0.1, 0.15) is 5.78 Å². The fourth-order valence-electron chi connectivity index (χ4n) is 1.54. The molecule has 0 aromatic heterocycles. The molecule has 1 nitrogen and oxygen atoms in total. The second-order valence-corrected chi connectivity index (χ2v) is 3.19. The standard InChI is InChI=1S/C8H13O.Y/c1-6-3-7(2)5-8(9)4-6;/h6H,3-5H2,1-2H3;/q-1;+3. The molecule has 0 spiro atoms. The third-order valence-corrected chi connectivity index (χ3v) is 1.77. The van der Waals surface area contributed by atoms with Crippen LogP contribution in [0.2, 0.25) is 0 Å². The van der Waals surface area contributed by atoms with E-state index in [0.29, 0.717) is 11.7 Å². The van der Waals surface area contributed by atoms with Crippen LogP contribution in [0.3, 0.4) is 0 Å². The summed E-state index contributed by atoms with van der Waals surface area (Å²) in [5, 5.41) is 0. The maximum Gasteiger partial charge on any atom is 3.00 e. The fourth-order valence-corrected chi connectivity index (χ4v) is 1.54. The molecule has 1 saturated carbocycles. The fraction of sp³-hybridized carbons (Fsp3) is 0.750. The van der Waals surface area contributed by atoms with E-state index in [1.165, 1.54) is 5.92 Å². The van der Waals surface area contributed by atoms with Gasteiger partial charge < -0.3 is 10.7 Å². The first kappa shape index (κ1) is 10.8. The number of hydrogen-bond donors (Lipinski definition) is 0. The molecule has 0 amide bonds. The Bertz CT molecular complexity index is 110. The summed E-state index contributed by atoms with van der Waals surface area (Å²) >= 11 is 0. The Morgan fingerprint density at radius 2 is 2.20 bits per heavy atom. The molecule has 0 saturated heterocycles. The van der Waals surface area contributed by atoms with Crippen LogP contribution >= 0.6 is 0 Å². The summed E-state index contributed by atoms with van der Waals surface area (Å²) in [5.41, 5.74) is 0. The van der Waals surface area contributed by atoms with Gasteiger partial charge in [0.25, 0.3) is 0 Å². The van der Waals surface area contributed by atoms with Gasteiger partial charge in [-0.15, -0.1) is 6.42 Å². The van der Waals surface area contributed by atoms with Crippen LogP contribution in [0, 0.1) is 11.8 Å². The van der Waals surface area contributed by atoms with Gasteiger partial charge in [-0.05, 0) is 0 Å². The number of rotatable bonds is 0. The van der Waals surface area contributed by atoms with Gasteiger partial charge in [-0.1, -0.05) is 12.8 Å². The average Bonchev–Trinajstić information content (AvgIpc) is 1.59. The predicted molar refractivity (Wildman–Crippen MR) is 36.9 cm³/mol. The second kappa shape index (κ2) is 4.61. The van der Waals surface area contributed by atoms with E-state index in [1.807, 2.05) is 0 Å². The minimum absolute atomic E-state index is 0. The Kier molecular flexibility index (Phi) is 4.97. The van der Waals surface area contributed by atoms with E-state index in [9.17, 15) is 4.79 Å². The summed E-state index contributed by atoms with van der Waals surface area (Å²) in [6.45, 7) is 4.22. The maximum atomic E-state index is 10.9. The van der Waals surface area contributed by atoms with Crippen molar-refractivity contribution in [1.29, 1.82) is 0 Å². The largest absolute Gasteiger partial charge is 3.00 e. The third kappa shape index (κ3) is 3.25. The molecule has 1 unspecified atom stereocenters. The van der Waals surface area contributed by atoms with Crippen molar-refractivity contribution in [1.82, 2.24) is 0 Å². The molecular weight excluding hydrogens is 201 g/mol. The van der Waals surface area contributed by atoms with Crippen LogP contribution in [0.1, 0.15) is 33.1 Å². The van der Waals surface area contributed by atoms with Gasteiger partial charge in [-0.3, -0.25) is 0 Å². The Balaban J connectivity index is 0.000000810. The van der Waals surface area contributed by atoms with Crippen molar-refractivity contribution in [3.63, 3.8) is 0 Å². The molecule has 1 fully saturated rings. The van der Waals surface area contributed by atoms with Gasteiger partial charge in [-0.25, -0.2) is 0 Å². The molecule has 0 N–H and O–H groups in total. The molecule has 1 aliphatic carbocycles. The first-order valence-corrected chi connectivity index (χ1v) is 3.51. The Morgan fingerprint density at radius 3 is 2.60 bits per heavy atom. The quantitative estimate of drug-likeness (QED) is 0.563. The van der Waals surface area contributed by atoms with Crippen molar-refractivity contribution in [3.8, 4) is 0 Å². The summed E-state index contributed by atoms with van der Waals surface area (Å²) in [4.78, 5) is 10.9. The van der Waals surface area contributed by atoms with Crippen molar-refractivity contribution in [2.24, 2.45) is 5.92 Å². The van der Waals surface area contributed by atoms with Crippen LogP contribution in [0.15, 0.2) is 0 Å². The molecule has 1 rings (SSSR count). The van der Waals surface area contributed by atoms with Gasteiger partial charge >= 0.3 is 32.7 Å². The zero-order valence-electron chi connectivity index (χ0n) is 6.68. The summed E-state index contributed by atoms with van der Waals surface area (Å²) in [6.07, 6.45) is 2.70. The Hall–Kier alpha value is 0.774. The van der Waals surface area contributed by atoms with Gasteiger partial charge in [-0.2, -0.15) is 13.3 Å². The number of ketones is 1. The SMILES string of the molecule is C[C-]1CC(=O)CC(C)C1.[Y+3]. The molecule has 0 heterocycles. The topological polar surface area (TPSA) is 17.1 Å². The predicted octanol–water partition coefficient (Wildman–Crippen LogP) is 1.97.